The van der Waals surface area contributed by atoms with Crippen molar-refractivity contribution >= 4 is 29.7 Å². The molecule has 0 spiro atoms. The van der Waals surface area contributed by atoms with Gasteiger partial charge in [-0.05, 0) is 24.6 Å². The van der Waals surface area contributed by atoms with E-state index in [-0.39, 0.29) is 30.1 Å². The number of methoxy groups -OCH3 is 1. The van der Waals surface area contributed by atoms with Crippen molar-refractivity contribution in [2.75, 3.05) is 12.9 Å². The van der Waals surface area contributed by atoms with E-state index in [1.807, 2.05) is 35.8 Å². The summed E-state index contributed by atoms with van der Waals surface area (Å²) in [5.41, 5.74) is 1.90. The Balaban J connectivity index is 1.90. The van der Waals surface area contributed by atoms with Crippen LogP contribution in [0.5, 0.6) is 0 Å². The third kappa shape index (κ3) is 4.64. The number of ether oxygens (including phenoxy) is 1. The van der Waals surface area contributed by atoms with Gasteiger partial charge in [-0.3, -0.25) is 19.5 Å². The van der Waals surface area contributed by atoms with E-state index in [2.05, 4.69) is 25.6 Å². The van der Waals surface area contributed by atoms with Crippen molar-refractivity contribution in [1.82, 2.24) is 25.4 Å². The molecule has 0 bridgehead atoms. The number of carbonyl (C=O) groups excluding carboxylic acids is 3. The van der Waals surface area contributed by atoms with E-state index in [0.717, 1.165) is 11.3 Å². The Bertz CT molecular complexity index is 866. The Kier molecular flexibility index (Phi) is 5.75. The molecule has 2 heterocycles. The van der Waals surface area contributed by atoms with Crippen LogP contribution >= 0.6 is 11.8 Å². The smallest absolute Gasteiger partial charge is 0.321 e. The molecule has 1 unspecified atom stereocenters. The Morgan fingerprint density at radius 2 is 2.19 bits per heavy atom. The summed E-state index contributed by atoms with van der Waals surface area (Å²) in [5, 5.41) is 13.9. The first-order valence-corrected chi connectivity index (χ1v) is 9.26. The van der Waals surface area contributed by atoms with Gasteiger partial charge in [-0.1, -0.05) is 23.9 Å². The number of hydrogen-bond acceptors (Lipinski definition) is 7. The number of urea groups is 1. The van der Waals surface area contributed by atoms with Crippen LogP contribution in [0.3, 0.4) is 0 Å². The molecule has 1 fully saturated rings. The first kappa shape index (κ1) is 18.9. The third-order valence-corrected chi connectivity index (χ3v) is 4.86. The molecule has 3 rings (SSSR count). The van der Waals surface area contributed by atoms with Crippen molar-refractivity contribution in [1.29, 1.82) is 0 Å². The molecule has 1 aliphatic rings. The number of benzene rings is 1. The molecule has 2 aromatic rings. The lowest BCUT2D eigenvalue weighted by Gasteiger charge is -2.23. The summed E-state index contributed by atoms with van der Waals surface area (Å²) < 4.78 is 6.51. The number of rotatable bonds is 6. The van der Waals surface area contributed by atoms with Gasteiger partial charge in [-0.25, -0.2) is 4.79 Å². The minimum atomic E-state index is -0.516. The van der Waals surface area contributed by atoms with Gasteiger partial charge in [0, 0.05) is 24.6 Å². The fraction of sp³-hybridized carbons (Fsp3) is 0.353. The Hall–Kier alpha value is -2.88. The number of nitrogens with one attached hydrogen (secondary N) is 2. The number of esters is 1. The summed E-state index contributed by atoms with van der Waals surface area (Å²) in [6, 6.07) is 6.88. The van der Waals surface area contributed by atoms with Crippen molar-refractivity contribution in [2.45, 2.75) is 31.0 Å². The van der Waals surface area contributed by atoms with Gasteiger partial charge >= 0.3 is 12.0 Å². The number of hydrogen-bond donors (Lipinski definition) is 2. The topological polar surface area (TPSA) is 115 Å². The zero-order chi connectivity index (χ0) is 19.4. The standard InChI is InChI=1S/C17H19N5O4S/c1-10-4-3-5-12(6-10)22-13(7-11-8-14(23)19-16(25)18-11)20-21-17(22)27-9-15(24)26-2/h3-6,11H,7-9H2,1-2H3,(H2,18,19,23,25). The predicted octanol–water partition coefficient (Wildman–Crippen LogP) is 0.981. The second-order valence-corrected chi connectivity index (χ2v) is 7.01. The number of aryl methyl sites for hydroxylation is 1. The molecule has 0 radical (unpaired) electrons. The number of amides is 3. The van der Waals surface area contributed by atoms with Gasteiger partial charge in [0.25, 0.3) is 0 Å². The summed E-state index contributed by atoms with van der Waals surface area (Å²) >= 11 is 1.21. The van der Waals surface area contributed by atoms with Gasteiger partial charge in [0.05, 0.1) is 12.9 Å². The number of thioether (sulfide) groups is 1. The van der Waals surface area contributed by atoms with E-state index in [9.17, 15) is 14.4 Å². The fourth-order valence-electron chi connectivity index (χ4n) is 2.75. The summed E-state index contributed by atoms with van der Waals surface area (Å²) in [7, 11) is 1.33. The maximum absolute atomic E-state index is 11.6. The van der Waals surface area contributed by atoms with Crippen LogP contribution in [0.25, 0.3) is 5.69 Å². The van der Waals surface area contributed by atoms with Crippen LogP contribution in [0.2, 0.25) is 0 Å². The van der Waals surface area contributed by atoms with E-state index < -0.39 is 6.03 Å². The number of aromatic nitrogens is 3. The van der Waals surface area contributed by atoms with Crippen LogP contribution in [-0.4, -0.2) is 51.6 Å². The monoisotopic (exact) mass is 389 g/mol. The van der Waals surface area contributed by atoms with Gasteiger partial charge in [-0.2, -0.15) is 0 Å². The molecule has 2 N–H and O–H groups in total. The van der Waals surface area contributed by atoms with Gasteiger partial charge in [0.2, 0.25) is 5.91 Å². The molecular formula is C17H19N5O4S. The Morgan fingerprint density at radius 3 is 2.89 bits per heavy atom. The molecule has 27 heavy (non-hydrogen) atoms. The van der Waals surface area contributed by atoms with Crippen molar-refractivity contribution in [3.63, 3.8) is 0 Å². The first-order valence-electron chi connectivity index (χ1n) is 8.27. The van der Waals surface area contributed by atoms with Crippen LogP contribution in [0, 0.1) is 6.92 Å². The molecule has 1 aliphatic heterocycles. The minimum Gasteiger partial charge on any atom is -0.468 e. The molecular weight excluding hydrogens is 370 g/mol. The van der Waals surface area contributed by atoms with Gasteiger partial charge in [0.1, 0.15) is 5.82 Å². The summed E-state index contributed by atoms with van der Waals surface area (Å²) in [4.78, 5) is 34.7. The fourth-order valence-corrected chi connectivity index (χ4v) is 3.56. The maximum atomic E-state index is 11.6. The quantitative estimate of drug-likeness (QED) is 0.559. The van der Waals surface area contributed by atoms with Crippen LogP contribution < -0.4 is 10.6 Å². The summed E-state index contributed by atoms with van der Waals surface area (Å²) in [5.74, 6) is -0.00146. The predicted molar refractivity (Wildman–Crippen MR) is 97.6 cm³/mol. The number of nitrogens with zero attached hydrogens (tertiary/aromatic N) is 3. The Morgan fingerprint density at radius 1 is 1.37 bits per heavy atom. The highest BCUT2D eigenvalue weighted by Gasteiger charge is 2.27. The first-order chi connectivity index (χ1) is 13.0. The van der Waals surface area contributed by atoms with E-state index in [1.54, 1.807) is 0 Å². The molecule has 9 nitrogen and oxygen atoms in total. The molecule has 0 aliphatic carbocycles. The van der Waals surface area contributed by atoms with Crippen LogP contribution in [0.15, 0.2) is 29.4 Å². The lowest BCUT2D eigenvalue weighted by molar-refractivity contribution is -0.137. The number of carbonyl (C=O) groups is 3. The molecule has 1 atom stereocenters. The lowest BCUT2D eigenvalue weighted by Crippen LogP contribution is -2.53. The Labute approximate surface area is 159 Å². The van der Waals surface area contributed by atoms with E-state index in [0.29, 0.717) is 17.4 Å². The minimum absolute atomic E-state index is 0.100. The van der Waals surface area contributed by atoms with Gasteiger partial charge in [0.15, 0.2) is 5.16 Å². The molecule has 142 valence electrons. The molecule has 1 saturated heterocycles. The SMILES string of the molecule is COC(=O)CSc1nnc(CC2CC(=O)NC(=O)N2)n1-c1cccc(C)c1. The van der Waals surface area contributed by atoms with Crippen LogP contribution in [-0.2, 0) is 20.7 Å². The van der Waals surface area contributed by atoms with E-state index in [1.165, 1.54) is 18.9 Å². The number of imide groups is 1. The van der Waals surface area contributed by atoms with Crippen molar-refractivity contribution in [3.05, 3.63) is 35.7 Å². The highest BCUT2D eigenvalue weighted by atomic mass is 32.2. The second kappa shape index (κ2) is 8.21. The second-order valence-electron chi connectivity index (χ2n) is 6.06. The van der Waals surface area contributed by atoms with Gasteiger partial charge < -0.3 is 10.1 Å². The molecule has 0 saturated carbocycles. The van der Waals surface area contributed by atoms with Crippen molar-refractivity contribution < 1.29 is 19.1 Å². The van der Waals surface area contributed by atoms with E-state index in [4.69, 9.17) is 0 Å². The molecule has 10 heteroatoms. The average molecular weight is 389 g/mol. The highest BCUT2D eigenvalue weighted by Crippen LogP contribution is 2.24. The zero-order valence-electron chi connectivity index (χ0n) is 14.9. The highest BCUT2D eigenvalue weighted by molar-refractivity contribution is 7.99. The zero-order valence-corrected chi connectivity index (χ0v) is 15.7. The summed E-state index contributed by atoms with van der Waals surface area (Å²) in [6.07, 6.45) is 0.496. The third-order valence-electron chi connectivity index (χ3n) is 3.96. The van der Waals surface area contributed by atoms with Crippen LogP contribution in [0.1, 0.15) is 17.8 Å². The lowest BCUT2D eigenvalue weighted by atomic mass is 10.1. The normalized spacial score (nSPS) is 16.6. The molecule has 1 aromatic carbocycles. The average Bonchev–Trinajstić information content (AvgIpc) is 3.01. The maximum Gasteiger partial charge on any atom is 0.321 e. The van der Waals surface area contributed by atoms with Crippen molar-refractivity contribution in [3.8, 4) is 5.69 Å². The van der Waals surface area contributed by atoms with Crippen molar-refractivity contribution in [2.24, 2.45) is 0 Å². The molecule has 1 aromatic heterocycles. The van der Waals surface area contributed by atoms with Gasteiger partial charge in [-0.15, -0.1) is 10.2 Å². The molecule has 3 amide bonds. The summed E-state index contributed by atoms with van der Waals surface area (Å²) in [6.45, 7) is 1.97. The van der Waals surface area contributed by atoms with E-state index >= 15 is 0 Å². The van der Waals surface area contributed by atoms with Crippen LogP contribution in [0.4, 0.5) is 4.79 Å². The largest absolute Gasteiger partial charge is 0.468 e.